The minimum atomic E-state index is -2.99. The van der Waals surface area contributed by atoms with Crippen molar-refractivity contribution in [2.24, 2.45) is 0 Å². The maximum atomic E-state index is 12.3. The van der Waals surface area contributed by atoms with E-state index in [-0.39, 0.29) is 22.6 Å². The second kappa shape index (κ2) is 8.89. The molecule has 2 aromatic rings. The SMILES string of the molecule is COc1ccc(C(=O)O[C@@H](C)C(=O)c2ccc(OC(F)F)cc2)cc1[N+](=O)[O-]. The Morgan fingerprint density at radius 1 is 1.07 bits per heavy atom. The Kier molecular flexibility index (Phi) is 6.59. The Labute approximate surface area is 157 Å². The van der Waals surface area contributed by atoms with Gasteiger partial charge in [-0.3, -0.25) is 14.9 Å². The zero-order valence-corrected chi connectivity index (χ0v) is 14.8. The number of ether oxygens (including phenoxy) is 3. The molecule has 0 spiro atoms. The lowest BCUT2D eigenvalue weighted by Gasteiger charge is -2.13. The first kappa shape index (κ1) is 20.7. The predicted molar refractivity (Wildman–Crippen MR) is 91.9 cm³/mol. The minimum Gasteiger partial charge on any atom is -0.490 e. The fourth-order valence-electron chi connectivity index (χ4n) is 2.28. The molecule has 0 aromatic heterocycles. The number of nitro groups is 1. The number of nitrogens with zero attached hydrogens (tertiary/aromatic N) is 1. The molecule has 148 valence electrons. The summed E-state index contributed by atoms with van der Waals surface area (Å²) < 4.78 is 38.4. The smallest absolute Gasteiger partial charge is 0.387 e. The average molecular weight is 395 g/mol. The van der Waals surface area contributed by atoms with Gasteiger partial charge in [-0.05, 0) is 43.3 Å². The molecule has 0 aliphatic carbocycles. The molecule has 0 bridgehead atoms. The van der Waals surface area contributed by atoms with Crippen LogP contribution in [-0.2, 0) is 4.74 Å². The minimum absolute atomic E-state index is 0.0308. The zero-order valence-electron chi connectivity index (χ0n) is 14.8. The highest BCUT2D eigenvalue weighted by Crippen LogP contribution is 2.28. The number of benzene rings is 2. The van der Waals surface area contributed by atoms with E-state index in [1.165, 1.54) is 50.4 Å². The fourth-order valence-corrected chi connectivity index (χ4v) is 2.28. The zero-order chi connectivity index (χ0) is 20.8. The molecule has 10 heteroatoms. The maximum Gasteiger partial charge on any atom is 0.387 e. The van der Waals surface area contributed by atoms with Crippen LogP contribution in [0.25, 0.3) is 0 Å². The maximum absolute atomic E-state index is 12.3. The molecule has 0 radical (unpaired) electrons. The molecule has 0 heterocycles. The van der Waals surface area contributed by atoms with E-state index in [2.05, 4.69) is 4.74 Å². The van der Waals surface area contributed by atoms with E-state index in [4.69, 9.17) is 9.47 Å². The van der Waals surface area contributed by atoms with Crippen LogP contribution in [0.15, 0.2) is 42.5 Å². The fraction of sp³-hybridized carbons (Fsp3) is 0.222. The van der Waals surface area contributed by atoms with Gasteiger partial charge in [0.15, 0.2) is 11.9 Å². The van der Waals surface area contributed by atoms with Crippen molar-refractivity contribution in [3.63, 3.8) is 0 Å². The quantitative estimate of drug-likeness (QED) is 0.291. The van der Waals surface area contributed by atoms with Crippen LogP contribution in [0.1, 0.15) is 27.6 Å². The molecule has 0 N–H and O–H groups in total. The van der Waals surface area contributed by atoms with E-state index in [1.54, 1.807) is 0 Å². The average Bonchev–Trinajstić information content (AvgIpc) is 2.66. The van der Waals surface area contributed by atoms with Gasteiger partial charge in [-0.25, -0.2) is 4.79 Å². The first-order valence-electron chi connectivity index (χ1n) is 7.85. The van der Waals surface area contributed by atoms with Crippen molar-refractivity contribution in [3.8, 4) is 11.5 Å². The third-order valence-corrected chi connectivity index (χ3v) is 3.63. The van der Waals surface area contributed by atoms with Crippen LogP contribution in [0.2, 0.25) is 0 Å². The van der Waals surface area contributed by atoms with Crippen LogP contribution in [0.3, 0.4) is 0 Å². The number of hydrogen-bond donors (Lipinski definition) is 0. The number of ketones is 1. The molecule has 2 rings (SSSR count). The normalized spacial score (nSPS) is 11.6. The van der Waals surface area contributed by atoms with Crippen molar-refractivity contribution in [2.75, 3.05) is 7.11 Å². The van der Waals surface area contributed by atoms with Gasteiger partial charge in [-0.15, -0.1) is 0 Å². The highest BCUT2D eigenvalue weighted by atomic mass is 19.3. The molecule has 8 nitrogen and oxygen atoms in total. The first-order valence-corrected chi connectivity index (χ1v) is 7.85. The molecule has 0 saturated carbocycles. The summed E-state index contributed by atoms with van der Waals surface area (Å²) in [6, 6.07) is 8.35. The predicted octanol–water partition coefficient (Wildman–Crippen LogP) is 3.63. The summed E-state index contributed by atoms with van der Waals surface area (Å²) in [5.74, 6) is -1.68. The molecule has 0 saturated heterocycles. The Bertz CT molecular complexity index is 884. The molecule has 1 atom stereocenters. The second-order valence-electron chi connectivity index (χ2n) is 5.46. The highest BCUT2D eigenvalue weighted by molar-refractivity contribution is 6.01. The van der Waals surface area contributed by atoms with E-state index >= 15 is 0 Å². The molecule has 0 fully saturated rings. The molecule has 2 aromatic carbocycles. The van der Waals surface area contributed by atoms with E-state index < -0.39 is 35.1 Å². The summed E-state index contributed by atoms with van der Waals surface area (Å²) in [5.41, 5.74) is -0.444. The summed E-state index contributed by atoms with van der Waals surface area (Å²) in [6.07, 6.45) is -1.21. The Morgan fingerprint density at radius 3 is 2.21 bits per heavy atom. The molecular formula is C18H15F2NO7. The van der Waals surface area contributed by atoms with Crippen molar-refractivity contribution in [3.05, 3.63) is 63.7 Å². The number of carbonyl (C=O) groups excluding carboxylic acids is 2. The lowest BCUT2D eigenvalue weighted by atomic mass is 10.1. The van der Waals surface area contributed by atoms with Gasteiger partial charge in [-0.2, -0.15) is 8.78 Å². The number of alkyl halides is 2. The van der Waals surface area contributed by atoms with E-state index in [9.17, 15) is 28.5 Å². The van der Waals surface area contributed by atoms with Crippen LogP contribution in [0.4, 0.5) is 14.5 Å². The number of Topliss-reactive ketones (excluding diaryl/α,β-unsaturated/α-hetero) is 1. The van der Waals surface area contributed by atoms with Gasteiger partial charge in [0.05, 0.1) is 17.6 Å². The molecule has 0 aliphatic rings. The van der Waals surface area contributed by atoms with Crippen molar-refractivity contribution >= 4 is 17.4 Å². The van der Waals surface area contributed by atoms with Gasteiger partial charge in [0.1, 0.15) is 5.75 Å². The van der Waals surface area contributed by atoms with Gasteiger partial charge in [-0.1, -0.05) is 0 Å². The molecular weight excluding hydrogens is 380 g/mol. The summed E-state index contributed by atoms with van der Waals surface area (Å²) in [4.78, 5) is 34.8. The second-order valence-corrected chi connectivity index (χ2v) is 5.46. The Balaban J connectivity index is 2.10. The topological polar surface area (TPSA) is 105 Å². The lowest BCUT2D eigenvalue weighted by molar-refractivity contribution is -0.385. The first-order chi connectivity index (χ1) is 13.2. The number of methoxy groups -OCH3 is 1. The summed E-state index contributed by atoms with van der Waals surface area (Å²) in [5, 5.41) is 11.0. The van der Waals surface area contributed by atoms with E-state index in [0.717, 1.165) is 6.07 Å². The van der Waals surface area contributed by atoms with Crippen LogP contribution in [0, 0.1) is 10.1 Å². The number of halogens is 2. The standard InChI is InChI=1S/C18H15F2NO7/c1-10(16(22)11-3-6-13(7-4-11)28-18(19)20)27-17(23)12-5-8-15(26-2)14(9-12)21(24)25/h3-10,18H,1-2H3/t10-/m0/s1. The van der Waals surface area contributed by atoms with Gasteiger partial charge in [0.2, 0.25) is 5.78 Å². The third kappa shape index (κ3) is 5.00. The van der Waals surface area contributed by atoms with Crippen LogP contribution in [-0.4, -0.2) is 36.5 Å². The third-order valence-electron chi connectivity index (χ3n) is 3.63. The lowest BCUT2D eigenvalue weighted by Crippen LogP contribution is -2.24. The summed E-state index contributed by atoms with van der Waals surface area (Å²) in [6.45, 7) is -1.67. The van der Waals surface area contributed by atoms with Crippen LogP contribution in [0.5, 0.6) is 11.5 Å². The summed E-state index contributed by atoms with van der Waals surface area (Å²) in [7, 11) is 1.25. The highest BCUT2D eigenvalue weighted by Gasteiger charge is 2.23. The number of esters is 1. The van der Waals surface area contributed by atoms with Gasteiger partial charge < -0.3 is 14.2 Å². The van der Waals surface area contributed by atoms with Crippen molar-refractivity contribution in [1.82, 2.24) is 0 Å². The molecule has 0 aliphatic heterocycles. The molecule has 28 heavy (non-hydrogen) atoms. The van der Waals surface area contributed by atoms with Crippen LogP contribution >= 0.6 is 0 Å². The van der Waals surface area contributed by atoms with E-state index in [1.807, 2.05) is 0 Å². The van der Waals surface area contributed by atoms with Gasteiger partial charge >= 0.3 is 18.3 Å². The number of hydrogen-bond acceptors (Lipinski definition) is 7. The van der Waals surface area contributed by atoms with Gasteiger partial charge in [0.25, 0.3) is 0 Å². The molecule has 0 amide bonds. The Morgan fingerprint density at radius 2 is 1.68 bits per heavy atom. The number of nitro benzene ring substituents is 1. The number of carbonyl (C=O) groups is 2. The Hall–Kier alpha value is -3.56. The largest absolute Gasteiger partial charge is 0.490 e. The van der Waals surface area contributed by atoms with Crippen LogP contribution < -0.4 is 9.47 Å². The summed E-state index contributed by atoms with van der Waals surface area (Å²) >= 11 is 0. The van der Waals surface area contributed by atoms with Crippen molar-refractivity contribution in [1.29, 1.82) is 0 Å². The monoisotopic (exact) mass is 395 g/mol. The van der Waals surface area contributed by atoms with Crippen molar-refractivity contribution in [2.45, 2.75) is 19.6 Å². The van der Waals surface area contributed by atoms with Crippen molar-refractivity contribution < 1.29 is 37.5 Å². The molecule has 0 unspecified atom stereocenters. The van der Waals surface area contributed by atoms with Gasteiger partial charge in [0, 0.05) is 11.6 Å². The van der Waals surface area contributed by atoms with E-state index in [0.29, 0.717) is 0 Å². The number of rotatable bonds is 8.